The molecule has 0 aromatic rings. The Hall–Kier alpha value is -1.07. The largest absolute Gasteiger partial charge is 0.511 e. The molecule has 11 heteroatoms. The van der Waals surface area contributed by atoms with Gasteiger partial charge >= 0.3 is 15.5 Å². The quantitative estimate of drug-likeness (QED) is 0.413. The van der Waals surface area contributed by atoms with Gasteiger partial charge in [0.25, 0.3) is 0 Å². The van der Waals surface area contributed by atoms with Crippen LogP contribution in [0, 0.1) is 5.41 Å². The van der Waals surface area contributed by atoms with Gasteiger partial charge in [0.15, 0.2) is 5.96 Å². The highest BCUT2D eigenvalue weighted by atomic mass is 32.2. The smallest absolute Gasteiger partial charge is 0.396 e. The van der Waals surface area contributed by atoms with Gasteiger partial charge in [-0.3, -0.25) is 4.99 Å². The van der Waals surface area contributed by atoms with E-state index < -0.39 is 15.5 Å². The monoisotopic (exact) mass is 416 g/mol. The number of guanidine groups is 1. The van der Waals surface area contributed by atoms with Crippen LogP contribution in [0.15, 0.2) is 4.99 Å². The van der Waals surface area contributed by atoms with Crippen molar-refractivity contribution in [3.05, 3.63) is 0 Å². The van der Waals surface area contributed by atoms with Crippen LogP contribution in [-0.2, 0) is 10.0 Å². The minimum absolute atomic E-state index is 0.0244. The summed E-state index contributed by atoms with van der Waals surface area (Å²) in [5.41, 5.74) is -5.57. The van der Waals surface area contributed by atoms with E-state index >= 15 is 0 Å². The first-order valence-corrected chi connectivity index (χ1v) is 10.7. The van der Waals surface area contributed by atoms with Crippen LogP contribution in [0.1, 0.15) is 46.5 Å². The molecule has 27 heavy (non-hydrogen) atoms. The van der Waals surface area contributed by atoms with Gasteiger partial charge in [0.2, 0.25) is 0 Å². The van der Waals surface area contributed by atoms with Gasteiger partial charge < -0.3 is 15.7 Å². The molecule has 1 aliphatic rings. The lowest BCUT2D eigenvalue weighted by atomic mass is 9.83. The molecular weight excluding hydrogens is 385 g/mol. The van der Waals surface area contributed by atoms with Crippen LogP contribution in [0.4, 0.5) is 13.2 Å². The molecule has 1 aliphatic heterocycles. The second-order valence-electron chi connectivity index (χ2n) is 6.83. The van der Waals surface area contributed by atoms with Crippen molar-refractivity contribution in [3.63, 3.8) is 0 Å². The summed E-state index contributed by atoms with van der Waals surface area (Å²) in [4.78, 5) is 4.52. The predicted molar refractivity (Wildman–Crippen MR) is 98.8 cm³/mol. The number of halogens is 3. The minimum atomic E-state index is -5.27. The molecule has 0 atom stereocenters. The van der Waals surface area contributed by atoms with Crippen molar-refractivity contribution in [1.82, 2.24) is 14.9 Å². The van der Waals surface area contributed by atoms with E-state index in [0.29, 0.717) is 23.4 Å². The van der Waals surface area contributed by atoms with Crippen LogP contribution in [-0.4, -0.2) is 68.1 Å². The number of nitrogens with zero attached hydrogens (tertiary/aromatic N) is 2. The van der Waals surface area contributed by atoms with E-state index in [1.165, 1.54) is 0 Å². The molecule has 0 radical (unpaired) electrons. The van der Waals surface area contributed by atoms with Crippen molar-refractivity contribution < 1.29 is 26.7 Å². The Morgan fingerprint density at radius 3 is 2.15 bits per heavy atom. The number of hydrogen-bond acceptors (Lipinski definition) is 4. The highest BCUT2D eigenvalue weighted by molar-refractivity contribution is 7.90. The third kappa shape index (κ3) is 6.21. The van der Waals surface area contributed by atoms with E-state index in [1.54, 1.807) is 0 Å². The first kappa shape index (κ1) is 24.0. The maximum absolute atomic E-state index is 12.6. The van der Waals surface area contributed by atoms with Crippen LogP contribution in [0.25, 0.3) is 0 Å². The van der Waals surface area contributed by atoms with Gasteiger partial charge in [-0.2, -0.15) is 17.5 Å². The fourth-order valence-corrected chi connectivity index (χ4v) is 3.88. The molecule has 7 nitrogen and oxygen atoms in total. The Kier molecular flexibility index (Phi) is 8.81. The molecule has 160 valence electrons. The van der Waals surface area contributed by atoms with Gasteiger partial charge in [0.1, 0.15) is 0 Å². The van der Waals surface area contributed by atoms with Gasteiger partial charge in [-0.25, -0.2) is 8.42 Å². The zero-order valence-electron chi connectivity index (χ0n) is 16.1. The number of sulfonamides is 1. The van der Waals surface area contributed by atoms with Crippen LogP contribution in [0.3, 0.4) is 0 Å². The molecule has 3 N–H and O–H groups in total. The Morgan fingerprint density at radius 2 is 1.74 bits per heavy atom. The second kappa shape index (κ2) is 9.92. The number of aliphatic imine (C=N–C) groups is 1. The fraction of sp³-hybridized carbons (Fsp3) is 0.938. The molecule has 0 bridgehead atoms. The van der Waals surface area contributed by atoms with Crippen LogP contribution >= 0.6 is 0 Å². The summed E-state index contributed by atoms with van der Waals surface area (Å²) in [5.74, 6) is 0.523. The Bertz CT molecular complexity index is 576. The van der Waals surface area contributed by atoms with Gasteiger partial charge in [0.05, 0.1) is 13.2 Å². The van der Waals surface area contributed by atoms with E-state index in [2.05, 4.69) is 15.6 Å². The number of alkyl halides is 3. The fourth-order valence-electron chi connectivity index (χ4n) is 2.89. The van der Waals surface area contributed by atoms with Crippen LogP contribution < -0.4 is 10.6 Å². The molecule has 1 heterocycles. The van der Waals surface area contributed by atoms with Crippen molar-refractivity contribution in [2.45, 2.75) is 58.0 Å². The lowest BCUT2D eigenvalue weighted by molar-refractivity contribution is -0.0494. The molecule has 0 aromatic carbocycles. The third-order valence-electron chi connectivity index (χ3n) is 5.18. The van der Waals surface area contributed by atoms with E-state index in [9.17, 15) is 26.7 Å². The SMILES string of the molecule is CCNC(=NCC(CC)(CC)CO)NC1CCN(S(=O)(=O)C(F)(F)F)CC1. The minimum Gasteiger partial charge on any atom is -0.396 e. The Morgan fingerprint density at radius 1 is 1.19 bits per heavy atom. The van der Waals surface area contributed by atoms with Crippen molar-refractivity contribution in [1.29, 1.82) is 0 Å². The van der Waals surface area contributed by atoms with Gasteiger partial charge in [-0.1, -0.05) is 13.8 Å². The summed E-state index contributed by atoms with van der Waals surface area (Å²) in [6, 6.07) is -0.172. The summed E-state index contributed by atoms with van der Waals surface area (Å²) in [7, 11) is -5.27. The number of aliphatic hydroxyl groups excluding tert-OH is 1. The molecule has 0 aliphatic carbocycles. The maximum Gasteiger partial charge on any atom is 0.511 e. The van der Waals surface area contributed by atoms with Crippen molar-refractivity contribution >= 4 is 16.0 Å². The average molecular weight is 417 g/mol. The lowest BCUT2D eigenvalue weighted by Gasteiger charge is -2.33. The van der Waals surface area contributed by atoms with Crippen molar-refractivity contribution in [2.75, 3.05) is 32.8 Å². The lowest BCUT2D eigenvalue weighted by Crippen LogP contribution is -2.51. The third-order valence-corrected chi connectivity index (χ3v) is 6.81. The summed E-state index contributed by atoms with van der Waals surface area (Å²) < 4.78 is 61.4. The van der Waals surface area contributed by atoms with E-state index in [0.717, 1.165) is 12.8 Å². The molecule has 1 fully saturated rings. The number of aliphatic hydroxyl groups is 1. The van der Waals surface area contributed by atoms with E-state index in [4.69, 9.17) is 0 Å². The van der Waals surface area contributed by atoms with Crippen LogP contribution in [0.5, 0.6) is 0 Å². The predicted octanol–water partition coefficient (Wildman–Crippen LogP) is 1.65. The number of piperidine rings is 1. The van der Waals surface area contributed by atoms with Crippen LogP contribution in [0.2, 0.25) is 0 Å². The zero-order chi connectivity index (χ0) is 20.7. The number of rotatable bonds is 8. The van der Waals surface area contributed by atoms with Crippen molar-refractivity contribution in [2.24, 2.45) is 10.4 Å². The summed E-state index contributed by atoms with van der Waals surface area (Å²) in [6.07, 6.45) is 2.06. The molecule has 0 spiro atoms. The normalized spacial score (nSPS) is 18.6. The molecule has 0 aromatic heterocycles. The summed E-state index contributed by atoms with van der Waals surface area (Å²) in [6.45, 7) is 6.56. The Labute approximate surface area is 159 Å². The zero-order valence-corrected chi connectivity index (χ0v) is 17.0. The van der Waals surface area contributed by atoms with Gasteiger partial charge in [-0.15, -0.1) is 0 Å². The van der Waals surface area contributed by atoms with E-state index in [1.807, 2.05) is 20.8 Å². The first-order valence-electron chi connectivity index (χ1n) is 9.27. The molecule has 0 amide bonds. The molecule has 0 unspecified atom stereocenters. The molecule has 1 rings (SSSR count). The molecule has 0 saturated carbocycles. The standard InChI is InChI=1S/C16H31F3N4O3S/c1-4-15(5-2,12-24)11-21-14(20-6-3)22-13-7-9-23(10-8-13)27(25,26)16(17,18)19/h13,24H,4-12H2,1-3H3,(H2,20,21,22). The average Bonchev–Trinajstić information content (AvgIpc) is 2.63. The second-order valence-corrected chi connectivity index (χ2v) is 8.76. The number of hydrogen-bond donors (Lipinski definition) is 3. The maximum atomic E-state index is 12.6. The van der Waals surface area contributed by atoms with Crippen molar-refractivity contribution in [3.8, 4) is 0 Å². The molecule has 1 saturated heterocycles. The topological polar surface area (TPSA) is 94.0 Å². The summed E-state index contributed by atoms with van der Waals surface area (Å²) >= 11 is 0. The van der Waals surface area contributed by atoms with Gasteiger partial charge in [-0.05, 0) is 32.6 Å². The molecular formula is C16H31F3N4O3S. The number of nitrogens with one attached hydrogen (secondary N) is 2. The highest BCUT2D eigenvalue weighted by Crippen LogP contribution is 2.29. The first-order chi connectivity index (χ1) is 12.5. The Balaban J connectivity index is 2.72. The van der Waals surface area contributed by atoms with Gasteiger partial charge in [0, 0.05) is 31.1 Å². The summed E-state index contributed by atoms with van der Waals surface area (Å²) in [5, 5.41) is 15.9. The highest BCUT2D eigenvalue weighted by Gasteiger charge is 2.50. The van der Waals surface area contributed by atoms with E-state index in [-0.39, 0.29) is 44.0 Å².